The van der Waals surface area contributed by atoms with Crippen molar-refractivity contribution in [3.63, 3.8) is 0 Å². The minimum absolute atomic E-state index is 0.145. The molecule has 1 amide bonds. The minimum Gasteiger partial charge on any atom is -0.339 e. The molecule has 0 spiro atoms. The Morgan fingerprint density at radius 2 is 1.59 bits per heavy atom. The van der Waals surface area contributed by atoms with Gasteiger partial charge in [0.25, 0.3) is 10.0 Å². The summed E-state index contributed by atoms with van der Waals surface area (Å²) in [5.74, 6) is -0.211. The lowest BCUT2D eigenvalue weighted by Gasteiger charge is -2.34. The Kier molecular flexibility index (Phi) is 6.04. The zero-order chi connectivity index (χ0) is 19.4. The summed E-state index contributed by atoms with van der Waals surface area (Å²) in [5.41, 5.74) is 0.408. The van der Waals surface area contributed by atoms with Gasteiger partial charge in [-0.2, -0.15) is 0 Å². The Morgan fingerprint density at radius 1 is 1.00 bits per heavy atom. The predicted octanol–water partition coefficient (Wildman–Crippen LogP) is 2.31. The van der Waals surface area contributed by atoms with Gasteiger partial charge in [0.1, 0.15) is 6.54 Å². The highest BCUT2D eigenvalue weighted by Gasteiger charge is 2.29. The maximum absolute atomic E-state index is 13.2. The van der Waals surface area contributed by atoms with E-state index < -0.39 is 10.0 Å². The number of halogens is 1. The molecule has 3 rings (SSSR count). The average Bonchev–Trinajstić information content (AvgIpc) is 2.68. The molecule has 1 aliphatic rings. The summed E-state index contributed by atoms with van der Waals surface area (Å²) in [6, 6.07) is 14.6. The molecule has 0 bridgehead atoms. The lowest BCUT2D eigenvalue weighted by atomic mass is 10.3. The number of likely N-dealkylation sites (N-methyl/N-ethyl adjacent to an activating group) is 1. The molecule has 1 aliphatic heterocycles. The zero-order valence-electron chi connectivity index (χ0n) is 15.1. The first-order chi connectivity index (χ1) is 12.9. The van der Waals surface area contributed by atoms with Crippen LogP contribution in [0.1, 0.15) is 0 Å². The molecule has 0 atom stereocenters. The van der Waals surface area contributed by atoms with Crippen LogP contribution in [0.2, 0.25) is 5.02 Å². The van der Waals surface area contributed by atoms with Crippen LogP contribution in [0.15, 0.2) is 59.5 Å². The van der Waals surface area contributed by atoms with Crippen LogP contribution < -0.4 is 4.31 Å². The number of nitrogens with zero attached hydrogens (tertiary/aromatic N) is 3. The molecule has 0 aliphatic carbocycles. The first-order valence-electron chi connectivity index (χ1n) is 8.67. The van der Waals surface area contributed by atoms with Gasteiger partial charge in [-0.3, -0.25) is 9.10 Å². The van der Waals surface area contributed by atoms with Crippen molar-refractivity contribution in [1.82, 2.24) is 9.80 Å². The highest BCUT2D eigenvalue weighted by atomic mass is 35.5. The topological polar surface area (TPSA) is 60.9 Å². The van der Waals surface area contributed by atoms with Gasteiger partial charge in [0.05, 0.1) is 10.6 Å². The maximum atomic E-state index is 13.2. The number of hydrogen-bond donors (Lipinski definition) is 0. The molecule has 1 fully saturated rings. The Morgan fingerprint density at radius 3 is 2.19 bits per heavy atom. The second kappa shape index (κ2) is 8.29. The third kappa shape index (κ3) is 4.61. The molecule has 2 aromatic carbocycles. The quantitative estimate of drug-likeness (QED) is 0.763. The van der Waals surface area contributed by atoms with E-state index in [9.17, 15) is 13.2 Å². The van der Waals surface area contributed by atoms with E-state index in [0.29, 0.717) is 23.8 Å². The SMILES string of the molecule is CN1CCN(C(=O)CN(c2ccc(Cl)cc2)S(=O)(=O)c2ccccc2)CC1. The first kappa shape index (κ1) is 19.7. The molecule has 2 aromatic rings. The zero-order valence-corrected chi connectivity index (χ0v) is 16.7. The van der Waals surface area contributed by atoms with Gasteiger partial charge in [-0.05, 0) is 43.4 Å². The number of sulfonamides is 1. The molecule has 1 saturated heterocycles. The fraction of sp³-hybridized carbons (Fsp3) is 0.316. The van der Waals surface area contributed by atoms with E-state index in [1.54, 1.807) is 47.4 Å². The molecule has 0 N–H and O–H groups in total. The van der Waals surface area contributed by atoms with Gasteiger partial charge in [0.2, 0.25) is 5.91 Å². The molecule has 0 saturated carbocycles. The van der Waals surface area contributed by atoms with Gasteiger partial charge in [-0.25, -0.2) is 8.42 Å². The van der Waals surface area contributed by atoms with Gasteiger partial charge in [0.15, 0.2) is 0 Å². The van der Waals surface area contributed by atoms with E-state index in [4.69, 9.17) is 11.6 Å². The third-order valence-electron chi connectivity index (χ3n) is 4.58. The Bertz CT molecular complexity index is 880. The predicted molar refractivity (Wildman–Crippen MR) is 107 cm³/mol. The first-order valence-corrected chi connectivity index (χ1v) is 10.5. The van der Waals surface area contributed by atoms with Crippen molar-refractivity contribution in [3.8, 4) is 0 Å². The summed E-state index contributed by atoms with van der Waals surface area (Å²) < 4.78 is 27.6. The molecule has 0 unspecified atom stereocenters. The summed E-state index contributed by atoms with van der Waals surface area (Å²) in [5, 5.41) is 0.501. The van der Waals surface area contributed by atoms with E-state index >= 15 is 0 Å². The number of carbonyl (C=O) groups is 1. The smallest absolute Gasteiger partial charge is 0.264 e. The van der Waals surface area contributed by atoms with Crippen molar-refractivity contribution in [2.75, 3.05) is 44.1 Å². The van der Waals surface area contributed by atoms with Crippen molar-refractivity contribution < 1.29 is 13.2 Å². The van der Waals surface area contributed by atoms with Gasteiger partial charge >= 0.3 is 0 Å². The molecular weight excluding hydrogens is 386 g/mol. The van der Waals surface area contributed by atoms with Crippen molar-refractivity contribution in [2.45, 2.75) is 4.90 Å². The monoisotopic (exact) mass is 407 g/mol. The van der Waals surface area contributed by atoms with Crippen LogP contribution in [0, 0.1) is 0 Å². The fourth-order valence-corrected chi connectivity index (χ4v) is 4.48. The highest BCUT2D eigenvalue weighted by molar-refractivity contribution is 7.92. The lowest BCUT2D eigenvalue weighted by Crippen LogP contribution is -2.50. The van der Waals surface area contributed by atoms with Crippen LogP contribution in [0.25, 0.3) is 0 Å². The molecule has 0 radical (unpaired) electrons. The number of anilines is 1. The summed E-state index contributed by atoms with van der Waals surface area (Å²) in [6.45, 7) is 2.49. The molecule has 0 aromatic heterocycles. The van der Waals surface area contributed by atoms with Crippen LogP contribution in [0.3, 0.4) is 0 Å². The Balaban J connectivity index is 1.91. The molecule has 144 valence electrons. The Hall–Kier alpha value is -2.09. The number of piperazine rings is 1. The largest absolute Gasteiger partial charge is 0.339 e. The summed E-state index contributed by atoms with van der Waals surface area (Å²) in [7, 11) is -1.88. The van der Waals surface area contributed by atoms with E-state index in [1.807, 2.05) is 7.05 Å². The Labute approximate surface area is 165 Å². The van der Waals surface area contributed by atoms with Crippen LogP contribution in [0.4, 0.5) is 5.69 Å². The fourth-order valence-electron chi connectivity index (χ4n) is 2.92. The van der Waals surface area contributed by atoms with Gasteiger partial charge < -0.3 is 9.80 Å². The molecule has 8 heteroatoms. The number of hydrogen-bond acceptors (Lipinski definition) is 4. The second-order valence-corrected chi connectivity index (χ2v) is 8.78. The van der Waals surface area contributed by atoms with Gasteiger partial charge in [-0.15, -0.1) is 0 Å². The van der Waals surface area contributed by atoms with Gasteiger partial charge in [-0.1, -0.05) is 29.8 Å². The summed E-state index contributed by atoms with van der Waals surface area (Å²) >= 11 is 5.94. The van der Waals surface area contributed by atoms with Crippen LogP contribution in [0.5, 0.6) is 0 Å². The average molecular weight is 408 g/mol. The molecule has 1 heterocycles. The third-order valence-corrected chi connectivity index (χ3v) is 6.62. The number of carbonyl (C=O) groups excluding carboxylic acids is 1. The number of rotatable bonds is 5. The summed E-state index contributed by atoms with van der Waals surface area (Å²) in [4.78, 5) is 16.8. The van der Waals surface area contributed by atoms with Crippen molar-refractivity contribution >= 4 is 33.2 Å². The van der Waals surface area contributed by atoms with Gasteiger partial charge in [0, 0.05) is 31.2 Å². The number of amides is 1. The van der Waals surface area contributed by atoms with E-state index in [1.165, 1.54) is 12.1 Å². The maximum Gasteiger partial charge on any atom is 0.264 e. The van der Waals surface area contributed by atoms with Crippen LogP contribution in [-0.4, -0.2) is 63.9 Å². The van der Waals surface area contributed by atoms with E-state index in [-0.39, 0.29) is 17.3 Å². The van der Waals surface area contributed by atoms with Crippen LogP contribution >= 0.6 is 11.6 Å². The van der Waals surface area contributed by atoms with Crippen LogP contribution in [-0.2, 0) is 14.8 Å². The van der Waals surface area contributed by atoms with Crippen molar-refractivity contribution in [1.29, 1.82) is 0 Å². The summed E-state index contributed by atoms with van der Waals surface area (Å²) in [6.07, 6.45) is 0. The highest BCUT2D eigenvalue weighted by Crippen LogP contribution is 2.25. The van der Waals surface area contributed by atoms with E-state index in [2.05, 4.69) is 4.90 Å². The minimum atomic E-state index is -3.88. The second-order valence-electron chi connectivity index (χ2n) is 6.49. The van der Waals surface area contributed by atoms with Crippen molar-refractivity contribution in [3.05, 3.63) is 59.6 Å². The normalized spacial score (nSPS) is 15.6. The molecule has 6 nitrogen and oxygen atoms in total. The molecule has 27 heavy (non-hydrogen) atoms. The lowest BCUT2D eigenvalue weighted by molar-refractivity contribution is -0.131. The van der Waals surface area contributed by atoms with Crippen molar-refractivity contribution in [2.24, 2.45) is 0 Å². The molecular formula is C19H22ClN3O3S. The standard InChI is InChI=1S/C19H22ClN3O3S/c1-21-11-13-22(14-12-21)19(24)15-23(17-9-7-16(20)8-10-17)27(25,26)18-5-3-2-4-6-18/h2-10H,11-15H2,1H3. The van der Waals surface area contributed by atoms with E-state index in [0.717, 1.165) is 17.4 Å². The number of benzene rings is 2.